The predicted octanol–water partition coefficient (Wildman–Crippen LogP) is 1.42. The Balaban J connectivity index is 2.20. The molecule has 0 N–H and O–H groups in total. The molecule has 21 heavy (non-hydrogen) atoms. The molecule has 6 nitrogen and oxygen atoms in total. The first-order chi connectivity index (χ1) is 9.93. The molecule has 0 spiro atoms. The second-order valence-electron chi connectivity index (χ2n) is 4.97. The topological polar surface area (TPSA) is 72.9 Å². The Labute approximate surface area is 122 Å². The molecule has 0 saturated carbocycles. The molecule has 0 aromatic heterocycles. The number of ether oxygens (including phenoxy) is 2. The quantitative estimate of drug-likeness (QED) is 0.619. The third-order valence-corrected chi connectivity index (χ3v) is 3.48. The van der Waals surface area contributed by atoms with Gasteiger partial charge in [-0.3, -0.25) is 14.4 Å². The number of carbonyl (C=O) groups is 3. The summed E-state index contributed by atoms with van der Waals surface area (Å²) < 4.78 is 9.91. The SMILES string of the molecule is COC(=O)CC(C)C(=O)c1ccc2c(c1)OCC(=O)N2C. The molecule has 1 aliphatic rings. The molecule has 0 fully saturated rings. The molecule has 0 aliphatic carbocycles. The highest BCUT2D eigenvalue weighted by molar-refractivity contribution is 6.02. The van der Waals surface area contributed by atoms with Gasteiger partial charge in [-0.2, -0.15) is 0 Å². The van der Waals surface area contributed by atoms with Crippen LogP contribution in [0.3, 0.4) is 0 Å². The van der Waals surface area contributed by atoms with Gasteiger partial charge in [0, 0.05) is 18.5 Å². The maximum atomic E-state index is 12.3. The lowest BCUT2D eigenvalue weighted by Crippen LogP contribution is -2.35. The van der Waals surface area contributed by atoms with Gasteiger partial charge < -0.3 is 14.4 Å². The van der Waals surface area contributed by atoms with Gasteiger partial charge in [0.1, 0.15) is 5.75 Å². The Morgan fingerprint density at radius 1 is 1.43 bits per heavy atom. The summed E-state index contributed by atoms with van der Waals surface area (Å²) in [5, 5.41) is 0. The van der Waals surface area contributed by atoms with Gasteiger partial charge in [0.2, 0.25) is 0 Å². The monoisotopic (exact) mass is 291 g/mol. The largest absolute Gasteiger partial charge is 0.482 e. The molecule has 1 aromatic carbocycles. The molecule has 2 rings (SSSR count). The number of Topliss-reactive ketones (excluding diaryl/α,β-unsaturated/α-hetero) is 1. The Morgan fingerprint density at radius 3 is 2.81 bits per heavy atom. The number of rotatable bonds is 4. The van der Waals surface area contributed by atoms with Crippen LogP contribution in [-0.4, -0.2) is 38.4 Å². The second kappa shape index (κ2) is 5.95. The molecular weight excluding hydrogens is 274 g/mol. The molecular formula is C15H17NO5. The number of carbonyl (C=O) groups excluding carboxylic acids is 3. The van der Waals surface area contributed by atoms with Crippen molar-refractivity contribution in [2.45, 2.75) is 13.3 Å². The highest BCUT2D eigenvalue weighted by atomic mass is 16.5. The molecule has 0 bridgehead atoms. The number of hydrogen-bond acceptors (Lipinski definition) is 5. The number of nitrogens with zero attached hydrogens (tertiary/aromatic N) is 1. The minimum Gasteiger partial charge on any atom is -0.482 e. The van der Waals surface area contributed by atoms with E-state index in [1.54, 1.807) is 32.2 Å². The Kier molecular flexibility index (Phi) is 4.26. The van der Waals surface area contributed by atoms with E-state index in [4.69, 9.17) is 4.74 Å². The third-order valence-electron chi connectivity index (χ3n) is 3.48. The molecule has 1 aromatic rings. The lowest BCUT2D eigenvalue weighted by molar-refractivity contribution is -0.141. The van der Waals surface area contributed by atoms with Crippen molar-refractivity contribution in [3.05, 3.63) is 23.8 Å². The van der Waals surface area contributed by atoms with Crippen molar-refractivity contribution < 1.29 is 23.9 Å². The summed E-state index contributed by atoms with van der Waals surface area (Å²) in [6.45, 7) is 1.63. The number of benzene rings is 1. The van der Waals surface area contributed by atoms with E-state index in [1.807, 2.05) is 0 Å². The van der Waals surface area contributed by atoms with Crippen LogP contribution in [0.2, 0.25) is 0 Å². The number of fused-ring (bicyclic) bond motifs is 1. The number of amides is 1. The summed E-state index contributed by atoms with van der Waals surface area (Å²) >= 11 is 0. The van der Waals surface area contributed by atoms with Crippen molar-refractivity contribution >= 4 is 23.3 Å². The number of methoxy groups -OCH3 is 1. The number of esters is 1. The fourth-order valence-electron chi connectivity index (χ4n) is 2.14. The smallest absolute Gasteiger partial charge is 0.306 e. The zero-order chi connectivity index (χ0) is 15.6. The number of anilines is 1. The van der Waals surface area contributed by atoms with Crippen LogP contribution in [-0.2, 0) is 14.3 Å². The highest BCUT2D eigenvalue weighted by Crippen LogP contribution is 2.32. The maximum Gasteiger partial charge on any atom is 0.306 e. The molecule has 1 aliphatic heterocycles. The molecule has 1 heterocycles. The van der Waals surface area contributed by atoms with Crippen molar-refractivity contribution in [3.8, 4) is 5.75 Å². The summed E-state index contributed by atoms with van der Waals surface area (Å²) in [5.74, 6) is -0.700. The van der Waals surface area contributed by atoms with Gasteiger partial charge in [0.15, 0.2) is 12.4 Å². The van der Waals surface area contributed by atoms with E-state index in [9.17, 15) is 14.4 Å². The van der Waals surface area contributed by atoms with E-state index in [2.05, 4.69) is 4.74 Å². The van der Waals surface area contributed by atoms with Gasteiger partial charge >= 0.3 is 5.97 Å². The normalized spacial score (nSPS) is 15.0. The first-order valence-corrected chi connectivity index (χ1v) is 6.58. The standard InChI is InChI=1S/C15H17NO5/c1-9(6-14(18)20-3)15(19)10-4-5-11-12(7-10)21-8-13(17)16(11)2/h4-5,7,9H,6,8H2,1-3H3. The Hall–Kier alpha value is -2.37. The summed E-state index contributed by atoms with van der Waals surface area (Å²) in [6.07, 6.45) is 0.0334. The van der Waals surface area contributed by atoms with Gasteiger partial charge in [-0.1, -0.05) is 6.92 Å². The lowest BCUT2D eigenvalue weighted by Gasteiger charge is -2.26. The van der Waals surface area contributed by atoms with Crippen molar-refractivity contribution in [2.75, 3.05) is 25.7 Å². The van der Waals surface area contributed by atoms with Crippen LogP contribution in [0.4, 0.5) is 5.69 Å². The third kappa shape index (κ3) is 3.04. The average Bonchev–Trinajstić information content (AvgIpc) is 2.49. The summed E-state index contributed by atoms with van der Waals surface area (Å²) in [4.78, 5) is 36.5. The van der Waals surface area contributed by atoms with Crippen LogP contribution in [0.25, 0.3) is 0 Å². The van der Waals surface area contributed by atoms with Gasteiger partial charge in [-0.05, 0) is 18.2 Å². The fraction of sp³-hybridized carbons (Fsp3) is 0.400. The number of likely N-dealkylation sites (N-methyl/N-ethyl adjacent to an activating group) is 1. The van der Waals surface area contributed by atoms with Crippen LogP contribution in [0, 0.1) is 5.92 Å². The zero-order valence-electron chi connectivity index (χ0n) is 12.2. The predicted molar refractivity (Wildman–Crippen MR) is 75.5 cm³/mol. The molecule has 1 atom stereocenters. The molecule has 112 valence electrons. The van der Waals surface area contributed by atoms with E-state index in [0.29, 0.717) is 17.0 Å². The van der Waals surface area contributed by atoms with Crippen LogP contribution >= 0.6 is 0 Å². The second-order valence-corrected chi connectivity index (χ2v) is 4.97. The molecule has 0 radical (unpaired) electrons. The van der Waals surface area contributed by atoms with E-state index in [1.165, 1.54) is 12.0 Å². The van der Waals surface area contributed by atoms with E-state index in [0.717, 1.165) is 0 Å². The van der Waals surface area contributed by atoms with Crippen molar-refractivity contribution in [3.63, 3.8) is 0 Å². The number of ketones is 1. The van der Waals surface area contributed by atoms with Gasteiger partial charge in [-0.25, -0.2) is 0 Å². The molecule has 0 saturated heterocycles. The molecule has 6 heteroatoms. The minimum absolute atomic E-state index is 0.0334. The Morgan fingerprint density at radius 2 is 2.14 bits per heavy atom. The van der Waals surface area contributed by atoms with Crippen LogP contribution in [0.1, 0.15) is 23.7 Å². The van der Waals surface area contributed by atoms with E-state index in [-0.39, 0.29) is 24.7 Å². The van der Waals surface area contributed by atoms with Crippen LogP contribution in [0.5, 0.6) is 5.75 Å². The van der Waals surface area contributed by atoms with Gasteiger partial charge in [0.25, 0.3) is 5.91 Å². The first kappa shape index (κ1) is 15.0. The maximum absolute atomic E-state index is 12.3. The Bertz CT molecular complexity index is 596. The minimum atomic E-state index is -0.474. The summed E-state index contributed by atoms with van der Waals surface area (Å²) in [6, 6.07) is 4.91. The summed E-state index contributed by atoms with van der Waals surface area (Å²) in [7, 11) is 2.95. The van der Waals surface area contributed by atoms with Gasteiger partial charge in [0.05, 0.1) is 19.2 Å². The number of hydrogen-bond donors (Lipinski definition) is 0. The average molecular weight is 291 g/mol. The van der Waals surface area contributed by atoms with Crippen molar-refractivity contribution in [1.82, 2.24) is 0 Å². The summed E-state index contributed by atoms with van der Waals surface area (Å²) in [5.41, 5.74) is 1.08. The molecule has 1 unspecified atom stereocenters. The van der Waals surface area contributed by atoms with Crippen molar-refractivity contribution in [2.24, 2.45) is 5.92 Å². The van der Waals surface area contributed by atoms with Crippen LogP contribution < -0.4 is 9.64 Å². The highest BCUT2D eigenvalue weighted by Gasteiger charge is 2.25. The van der Waals surface area contributed by atoms with E-state index < -0.39 is 11.9 Å². The first-order valence-electron chi connectivity index (χ1n) is 6.58. The lowest BCUT2D eigenvalue weighted by atomic mass is 9.96. The zero-order valence-corrected chi connectivity index (χ0v) is 12.2. The van der Waals surface area contributed by atoms with E-state index >= 15 is 0 Å². The molecule has 1 amide bonds. The van der Waals surface area contributed by atoms with Gasteiger partial charge in [-0.15, -0.1) is 0 Å². The fourth-order valence-corrected chi connectivity index (χ4v) is 2.14. The van der Waals surface area contributed by atoms with Crippen molar-refractivity contribution in [1.29, 1.82) is 0 Å². The van der Waals surface area contributed by atoms with Crippen LogP contribution in [0.15, 0.2) is 18.2 Å².